The number of nitrogens with one attached hydrogen (secondary N) is 1. The van der Waals surface area contributed by atoms with Crippen molar-refractivity contribution in [2.24, 2.45) is 0 Å². The third-order valence-electron chi connectivity index (χ3n) is 3.64. The zero-order chi connectivity index (χ0) is 18.4. The quantitative estimate of drug-likeness (QED) is 0.598. The van der Waals surface area contributed by atoms with E-state index in [0.717, 1.165) is 19.3 Å². The molecule has 25 heavy (non-hydrogen) atoms. The van der Waals surface area contributed by atoms with Crippen molar-refractivity contribution in [1.82, 2.24) is 4.90 Å². The summed E-state index contributed by atoms with van der Waals surface area (Å²) in [6.07, 6.45) is 3.08. The number of halogens is 3. The van der Waals surface area contributed by atoms with Crippen molar-refractivity contribution in [2.45, 2.75) is 25.7 Å². The Bertz CT molecular complexity index is 682. The van der Waals surface area contributed by atoms with E-state index in [9.17, 15) is 14.4 Å². The van der Waals surface area contributed by atoms with Crippen LogP contribution >= 0.6 is 34.8 Å². The van der Waals surface area contributed by atoms with Crippen molar-refractivity contribution in [3.05, 3.63) is 27.2 Å². The van der Waals surface area contributed by atoms with Crippen LogP contribution in [-0.4, -0.2) is 42.4 Å². The fourth-order valence-corrected chi connectivity index (χ4v) is 2.95. The molecule has 1 aromatic carbocycles. The van der Waals surface area contributed by atoms with Gasteiger partial charge >= 0.3 is 5.97 Å². The number of likely N-dealkylation sites (tertiary alicyclic amines) is 1. The van der Waals surface area contributed by atoms with Gasteiger partial charge < -0.3 is 15.0 Å². The average molecular weight is 408 g/mol. The minimum Gasteiger partial charge on any atom is -0.454 e. The molecule has 1 fully saturated rings. The second-order valence-corrected chi connectivity index (χ2v) is 6.80. The normalized spacial score (nSPS) is 14.8. The van der Waals surface area contributed by atoms with Crippen LogP contribution in [0.4, 0.5) is 5.69 Å². The summed E-state index contributed by atoms with van der Waals surface area (Å²) in [5, 5.41) is 3.19. The molecular weight excluding hydrogens is 391 g/mol. The van der Waals surface area contributed by atoms with Crippen LogP contribution in [0.1, 0.15) is 25.7 Å². The lowest BCUT2D eigenvalue weighted by molar-refractivity contribution is -0.151. The largest absolute Gasteiger partial charge is 0.454 e. The van der Waals surface area contributed by atoms with E-state index in [-0.39, 0.29) is 33.2 Å². The van der Waals surface area contributed by atoms with Crippen molar-refractivity contribution in [2.75, 3.05) is 25.0 Å². The first kappa shape index (κ1) is 19.8. The molecule has 1 saturated heterocycles. The summed E-state index contributed by atoms with van der Waals surface area (Å²) in [6, 6.07) is 2.81. The molecule has 1 aliphatic heterocycles. The molecule has 0 saturated carbocycles. The van der Waals surface area contributed by atoms with Crippen molar-refractivity contribution in [1.29, 1.82) is 0 Å². The molecule has 2 amide bonds. The SMILES string of the molecule is O=C(COC(=O)CN1CCCCCC1=O)Nc1cc(Cl)c(Cl)cc1Cl. The third kappa shape index (κ3) is 6.06. The Morgan fingerprint density at radius 3 is 2.56 bits per heavy atom. The predicted octanol–water partition coefficient (Wildman–Crippen LogP) is 3.53. The van der Waals surface area contributed by atoms with E-state index in [1.165, 1.54) is 17.0 Å². The van der Waals surface area contributed by atoms with Crippen LogP contribution in [-0.2, 0) is 19.1 Å². The molecule has 9 heteroatoms. The summed E-state index contributed by atoms with van der Waals surface area (Å²) in [5.74, 6) is -1.28. The van der Waals surface area contributed by atoms with E-state index in [4.69, 9.17) is 39.5 Å². The summed E-state index contributed by atoms with van der Waals surface area (Å²) in [6.45, 7) is -0.115. The number of carbonyl (C=O) groups excluding carboxylic acids is 3. The maximum Gasteiger partial charge on any atom is 0.326 e. The van der Waals surface area contributed by atoms with E-state index in [0.29, 0.717) is 13.0 Å². The fourth-order valence-electron chi connectivity index (χ4n) is 2.36. The Morgan fingerprint density at radius 1 is 1.08 bits per heavy atom. The highest BCUT2D eigenvalue weighted by molar-refractivity contribution is 6.44. The second kappa shape index (κ2) is 9.27. The summed E-state index contributed by atoms with van der Waals surface area (Å²) in [7, 11) is 0. The van der Waals surface area contributed by atoms with Crippen LogP contribution < -0.4 is 5.32 Å². The van der Waals surface area contributed by atoms with Gasteiger partial charge in [-0.2, -0.15) is 0 Å². The number of carbonyl (C=O) groups is 3. The lowest BCUT2D eigenvalue weighted by atomic mass is 10.2. The van der Waals surface area contributed by atoms with Crippen molar-refractivity contribution in [3.63, 3.8) is 0 Å². The van der Waals surface area contributed by atoms with Gasteiger partial charge in [0.05, 0.1) is 20.8 Å². The lowest BCUT2D eigenvalue weighted by Gasteiger charge is -2.19. The number of nitrogens with zero attached hydrogens (tertiary/aromatic N) is 1. The van der Waals surface area contributed by atoms with E-state index >= 15 is 0 Å². The van der Waals surface area contributed by atoms with Gasteiger partial charge in [0.25, 0.3) is 5.91 Å². The first-order valence-electron chi connectivity index (χ1n) is 7.74. The van der Waals surface area contributed by atoms with E-state index < -0.39 is 18.5 Å². The monoisotopic (exact) mass is 406 g/mol. The number of ether oxygens (including phenoxy) is 1. The van der Waals surface area contributed by atoms with Gasteiger partial charge in [-0.1, -0.05) is 41.2 Å². The number of esters is 1. The highest BCUT2D eigenvalue weighted by Gasteiger charge is 2.20. The minimum atomic E-state index is -0.634. The van der Waals surface area contributed by atoms with Gasteiger partial charge in [-0.15, -0.1) is 0 Å². The van der Waals surface area contributed by atoms with Gasteiger partial charge in [0.2, 0.25) is 5.91 Å². The summed E-state index contributed by atoms with van der Waals surface area (Å²) in [5.41, 5.74) is 0.264. The van der Waals surface area contributed by atoms with E-state index in [2.05, 4.69) is 5.32 Å². The maximum absolute atomic E-state index is 11.9. The highest BCUT2D eigenvalue weighted by Crippen LogP contribution is 2.32. The first-order valence-corrected chi connectivity index (χ1v) is 8.88. The summed E-state index contributed by atoms with van der Waals surface area (Å²) in [4.78, 5) is 37.0. The van der Waals surface area contributed by atoms with Gasteiger partial charge in [0, 0.05) is 13.0 Å². The van der Waals surface area contributed by atoms with Crippen LogP contribution in [0, 0.1) is 0 Å². The maximum atomic E-state index is 11.9. The average Bonchev–Trinajstić information content (AvgIpc) is 2.75. The van der Waals surface area contributed by atoms with Crippen LogP contribution in [0.5, 0.6) is 0 Å². The van der Waals surface area contributed by atoms with Crippen molar-refractivity contribution < 1.29 is 19.1 Å². The standard InChI is InChI=1S/C16H17Cl3N2O4/c17-10-6-12(19)13(7-11(10)18)20-14(22)9-25-16(24)8-21-5-3-1-2-4-15(21)23/h6-7H,1-5,8-9H2,(H,20,22). The lowest BCUT2D eigenvalue weighted by Crippen LogP contribution is -2.36. The molecule has 0 spiro atoms. The minimum absolute atomic E-state index is 0.0681. The number of hydrogen-bond acceptors (Lipinski definition) is 4. The Balaban J connectivity index is 1.82. The smallest absolute Gasteiger partial charge is 0.326 e. The van der Waals surface area contributed by atoms with E-state index in [1.807, 2.05) is 0 Å². The number of hydrogen-bond donors (Lipinski definition) is 1. The van der Waals surface area contributed by atoms with Crippen LogP contribution in [0.3, 0.4) is 0 Å². The number of anilines is 1. The number of amides is 2. The van der Waals surface area contributed by atoms with Gasteiger partial charge in [-0.3, -0.25) is 14.4 Å². The zero-order valence-electron chi connectivity index (χ0n) is 13.3. The van der Waals surface area contributed by atoms with Gasteiger partial charge in [-0.05, 0) is 25.0 Å². The Labute approximate surface area is 160 Å². The first-order chi connectivity index (χ1) is 11.9. The molecule has 0 aliphatic carbocycles. The van der Waals surface area contributed by atoms with Crippen molar-refractivity contribution in [3.8, 4) is 0 Å². The van der Waals surface area contributed by atoms with Crippen LogP contribution in [0.15, 0.2) is 12.1 Å². The molecule has 0 aromatic heterocycles. The third-order valence-corrected chi connectivity index (χ3v) is 4.67. The molecule has 0 atom stereocenters. The van der Waals surface area contributed by atoms with Crippen LogP contribution in [0.25, 0.3) is 0 Å². The van der Waals surface area contributed by atoms with Gasteiger partial charge in [0.15, 0.2) is 6.61 Å². The molecule has 0 radical (unpaired) electrons. The molecule has 136 valence electrons. The zero-order valence-corrected chi connectivity index (χ0v) is 15.6. The van der Waals surface area contributed by atoms with Gasteiger partial charge in [0.1, 0.15) is 6.54 Å². The molecule has 0 unspecified atom stereocenters. The highest BCUT2D eigenvalue weighted by atomic mass is 35.5. The molecule has 0 bridgehead atoms. The predicted molar refractivity (Wildman–Crippen MR) is 96.1 cm³/mol. The van der Waals surface area contributed by atoms with E-state index in [1.54, 1.807) is 0 Å². The molecule has 6 nitrogen and oxygen atoms in total. The van der Waals surface area contributed by atoms with Gasteiger partial charge in [-0.25, -0.2) is 0 Å². The Hall–Kier alpha value is -1.50. The Morgan fingerprint density at radius 2 is 1.80 bits per heavy atom. The fraction of sp³-hybridized carbons (Fsp3) is 0.438. The summed E-state index contributed by atoms with van der Waals surface area (Å²) < 4.78 is 4.91. The molecule has 1 heterocycles. The molecule has 1 N–H and O–H groups in total. The molecule has 2 rings (SSSR count). The Kier molecular flexibility index (Phi) is 7.35. The number of rotatable bonds is 5. The molecular formula is C16H17Cl3N2O4. The topological polar surface area (TPSA) is 75.7 Å². The molecule has 1 aromatic rings. The summed E-state index contributed by atoms with van der Waals surface area (Å²) >= 11 is 17.6. The van der Waals surface area contributed by atoms with Crippen molar-refractivity contribution >= 4 is 58.3 Å². The molecule has 1 aliphatic rings. The second-order valence-electron chi connectivity index (χ2n) is 5.58. The van der Waals surface area contributed by atoms with Crippen LogP contribution in [0.2, 0.25) is 15.1 Å². The number of benzene rings is 1.